The molecule has 0 nitrogen and oxygen atoms in total. The normalized spacial score (nSPS) is 14.8. The van der Waals surface area contributed by atoms with Crippen LogP contribution >= 0.6 is 11.6 Å². The lowest BCUT2D eigenvalue weighted by Gasteiger charge is -2.34. The zero-order valence-corrected chi connectivity index (χ0v) is 19.4. The Morgan fingerprint density at radius 1 is 0.758 bits per heavy atom. The molecule has 4 aromatic rings. The zero-order chi connectivity index (χ0) is 22.8. The first-order valence-corrected chi connectivity index (χ1v) is 11.6. The summed E-state index contributed by atoms with van der Waals surface area (Å²) in [5.41, 5.74) is 9.17. The molecule has 0 radical (unpaired) electrons. The van der Waals surface area contributed by atoms with Gasteiger partial charge in [-0.15, -0.1) is 0 Å². The van der Waals surface area contributed by atoms with Crippen LogP contribution in [0.5, 0.6) is 0 Å². The summed E-state index contributed by atoms with van der Waals surface area (Å²) < 4.78 is 0. The highest BCUT2D eigenvalue weighted by atomic mass is 35.5. The molecule has 5 rings (SSSR count). The summed E-state index contributed by atoms with van der Waals surface area (Å²) in [6.45, 7) is 6.43. The predicted molar refractivity (Wildman–Crippen MR) is 141 cm³/mol. The lowest BCUT2D eigenvalue weighted by atomic mass is 9.67. The van der Waals surface area contributed by atoms with E-state index in [1.807, 2.05) is 24.3 Å². The van der Waals surface area contributed by atoms with Crippen LogP contribution in [-0.4, -0.2) is 0 Å². The van der Waals surface area contributed by atoms with E-state index in [-0.39, 0.29) is 0 Å². The van der Waals surface area contributed by atoms with Crippen LogP contribution in [0.15, 0.2) is 133 Å². The van der Waals surface area contributed by atoms with Crippen LogP contribution in [0.2, 0.25) is 5.02 Å². The van der Waals surface area contributed by atoms with Gasteiger partial charge in [0.05, 0.1) is 5.41 Å². The minimum Gasteiger partial charge on any atom is -0.0987 e. The molecule has 0 bridgehead atoms. The molecule has 0 aromatic heterocycles. The van der Waals surface area contributed by atoms with Crippen molar-refractivity contribution < 1.29 is 0 Å². The highest BCUT2D eigenvalue weighted by Crippen LogP contribution is 2.57. The minimum absolute atomic E-state index is 0.455. The van der Waals surface area contributed by atoms with Crippen LogP contribution in [0.1, 0.15) is 34.7 Å². The van der Waals surface area contributed by atoms with Crippen molar-refractivity contribution in [3.05, 3.63) is 166 Å². The Labute approximate surface area is 201 Å². The van der Waals surface area contributed by atoms with Gasteiger partial charge in [0, 0.05) is 5.02 Å². The first-order valence-electron chi connectivity index (χ1n) is 11.2. The number of rotatable bonds is 5. The largest absolute Gasteiger partial charge is 0.0987 e. The van der Waals surface area contributed by atoms with Crippen molar-refractivity contribution in [2.75, 3.05) is 0 Å². The second-order valence-corrected chi connectivity index (χ2v) is 8.67. The smallest absolute Gasteiger partial charge is 0.0713 e. The Morgan fingerprint density at radius 3 is 1.94 bits per heavy atom. The molecule has 0 N–H and O–H groups in total. The van der Waals surface area contributed by atoms with Gasteiger partial charge in [-0.3, -0.25) is 0 Å². The van der Waals surface area contributed by atoms with Gasteiger partial charge >= 0.3 is 0 Å². The number of fused-ring (bicyclic) bond motifs is 1. The number of benzene rings is 4. The molecule has 160 valence electrons. The highest BCUT2D eigenvalue weighted by Gasteiger charge is 2.47. The van der Waals surface area contributed by atoms with Gasteiger partial charge in [-0.05, 0) is 63.6 Å². The molecule has 0 aliphatic heterocycles. The van der Waals surface area contributed by atoms with E-state index in [0.29, 0.717) is 0 Å². The van der Waals surface area contributed by atoms with Crippen LogP contribution < -0.4 is 0 Å². The van der Waals surface area contributed by atoms with Crippen molar-refractivity contribution >= 4 is 22.7 Å². The van der Waals surface area contributed by atoms with Crippen molar-refractivity contribution in [3.63, 3.8) is 0 Å². The van der Waals surface area contributed by atoms with Crippen molar-refractivity contribution in [1.82, 2.24) is 0 Å². The van der Waals surface area contributed by atoms with Crippen LogP contribution in [0.25, 0.3) is 11.1 Å². The summed E-state index contributed by atoms with van der Waals surface area (Å²) in [5.74, 6) is 0. The Hall–Kier alpha value is -3.61. The quantitative estimate of drug-likeness (QED) is 0.288. The molecule has 0 atom stereocenters. The van der Waals surface area contributed by atoms with E-state index in [4.69, 9.17) is 11.6 Å². The SMILES string of the molecule is C=CC1=C(/C(=C\C)c2cccc(Cl)c2)c2ccccc2C1(c1ccccc1)c1ccccc1. The first-order chi connectivity index (χ1) is 16.2. The predicted octanol–water partition coefficient (Wildman–Crippen LogP) is 8.73. The molecule has 0 saturated carbocycles. The van der Waals surface area contributed by atoms with Gasteiger partial charge in [-0.25, -0.2) is 0 Å². The van der Waals surface area contributed by atoms with Crippen LogP contribution in [0, 0.1) is 0 Å². The standard InChI is InChI=1S/C32H25Cl/c1-3-27(23-14-13-19-26(33)22-23)31-28-20-11-12-21-30(28)32(29(31)4-2,24-15-7-5-8-16-24)25-17-9-6-10-18-25/h3-22H,2H2,1H3/b27-3-. The third-order valence-electron chi connectivity index (χ3n) is 6.59. The molecule has 1 heteroatoms. The monoisotopic (exact) mass is 444 g/mol. The summed E-state index contributed by atoms with van der Waals surface area (Å²) in [6, 6.07) is 38.4. The molecule has 0 heterocycles. The average molecular weight is 445 g/mol. The topological polar surface area (TPSA) is 0 Å². The lowest BCUT2D eigenvalue weighted by molar-refractivity contribution is 0.762. The summed E-state index contributed by atoms with van der Waals surface area (Å²) in [4.78, 5) is 0. The fraction of sp³-hybridized carbons (Fsp3) is 0.0625. The van der Waals surface area contributed by atoms with E-state index < -0.39 is 5.41 Å². The second kappa shape index (κ2) is 8.73. The lowest BCUT2D eigenvalue weighted by Crippen LogP contribution is -2.29. The molecular weight excluding hydrogens is 420 g/mol. The molecule has 0 fully saturated rings. The van der Waals surface area contributed by atoms with Crippen molar-refractivity contribution in [2.45, 2.75) is 12.3 Å². The van der Waals surface area contributed by atoms with Crippen molar-refractivity contribution in [1.29, 1.82) is 0 Å². The maximum Gasteiger partial charge on any atom is 0.0713 e. The number of halogens is 1. The Balaban J connectivity index is 1.93. The van der Waals surface area contributed by atoms with E-state index in [9.17, 15) is 0 Å². The summed E-state index contributed by atoms with van der Waals surface area (Å²) in [7, 11) is 0. The minimum atomic E-state index is -0.455. The van der Waals surface area contributed by atoms with Gasteiger partial charge < -0.3 is 0 Å². The van der Waals surface area contributed by atoms with E-state index in [1.54, 1.807) is 0 Å². The number of allylic oxidation sites excluding steroid dienone is 5. The molecule has 33 heavy (non-hydrogen) atoms. The van der Waals surface area contributed by atoms with Crippen LogP contribution in [0.4, 0.5) is 0 Å². The molecule has 0 amide bonds. The Kier molecular flexibility index (Phi) is 5.62. The molecule has 1 aliphatic rings. The van der Waals surface area contributed by atoms with E-state index in [1.165, 1.54) is 33.4 Å². The van der Waals surface area contributed by atoms with E-state index in [0.717, 1.165) is 16.2 Å². The van der Waals surface area contributed by atoms with Crippen LogP contribution in [0.3, 0.4) is 0 Å². The van der Waals surface area contributed by atoms with Crippen LogP contribution in [-0.2, 0) is 5.41 Å². The fourth-order valence-electron chi connectivity index (χ4n) is 5.33. The first kappa shape index (κ1) is 21.2. The summed E-state index contributed by atoms with van der Waals surface area (Å²) in [6.07, 6.45) is 4.23. The zero-order valence-electron chi connectivity index (χ0n) is 18.6. The van der Waals surface area contributed by atoms with Gasteiger partial charge in [-0.1, -0.05) is 127 Å². The Bertz CT molecular complexity index is 1330. The third-order valence-corrected chi connectivity index (χ3v) is 6.82. The van der Waals surface area contributed by atoms with Crippen molar-refractivity contribution in [3.8, 4) is 0 Å². The molecule has 4 aromatic carbocycles. The Morgan fingerprint density at radius 2 is 1.36 bits per heavy atom. The van der Waals surface area contributed by atoms with Gasteiger partial charge in [0.1, 0.15) is 0 Å². The number of hydrogen-bond acceptors (Lipinski definition) is 0. The fourth-order valence-corrected chi connectivity index (χ4v) is 5.52. The molecule has 1 aliphatic carbocycles. The van der Waals surface area contributed by atoms with Gasteiger partial charge in [0.25, 0.3) is 0 Å². The summed E-state index contributed by atoms with van der Waals surface area (Å²) in [5, 5.41) is 0.733. The highest BCUT2D eigenvalue weighted by molar-refractivity contribution is 6.31. The number of hydrogen-bond donors (Lipinski definition) is 0. The maximum atomic E-state index is 6.41. The third kappa shape index (κ3) is 3.30. The van der Waals surface area contributed by atoms with Crippen molar-refractivity contribution in [2.24, 2.45) is 0 Å². The maximum absolute atomic E-state index is 6.41. The van der Waals surface area contributed by atoms with E-state index >= 15 is 0 Å². The molecule has 0 spiro atoms. The average Bonchev–Trinajstić information content (AvgIpc) is 3.17. The molecular formula is C32H25Cl. The van der Waals surface area contributed by atoms with E-state index in [2.05, 4.69) is 111 Å². The van der Waals surface area contributed by atoms with Gasteiger partial charge in [-0.2, -0.15) is 0 Å². The van der Waals surface area contributed by atoms with Gasteiger partial charge in [0.15, 0.2) is 0 Å². The van der Waals surface area contributed by atoms with Gasteiger partial charge in [0.2, 0.25) is 0 Å². The molecule has 0 saturated heterocycles. The second-order valence-electron chi connectivity index (χ2n) is 8.23. The molecule has 0 unspecified atom stereocenters. The summed E-state index contributed by atoms with van der Waals surface area (Å²) >= 11 is 6.41.